The number of aromatic nitrogens is 1. The summed E-state index contributed by atoms with van der Waals surface area (Å²) in [5.41, 5.74) is 3.26. The summed E-state index contributed by atoms with van der Waals surface area (Å²) in [5, 5.41) is 9.65. The lowest BCUT2D eigenvalue weighted by molar-refractivity contribution is -0.117. The van der Waals surface area contributed by atoms with Crippen molar-refractivity contribution in [3.8, 4) is 6.07 Å². The largest absolute Gasteiger partial charge is 0.273 e. The average Bonchev–Trinajstić information content (AvgIpc) is 2.96. The maximum absolute atomic E-state index is 12.9. The Kier molecular flexibility index (Phi) is 3.17. The highest BCUT2D eigenvalue weighted by Crippen LogP contribution is 2.48. The molecule has 2 aliphatic rings. The predicted molar refractivity (Wildman–Crippen MR) is 88.5 cm³/mol. The summed E-state index contributed by atoms with van der Waals surface area (Å²) < 4.78 is 0. The molecular weight excluding hydrogens is 308 g/mol. The van der Waals surface area contributed by atoms with Crippen LogP contribution in [0.2, 0.25) is 0 Å². The molecule has 2 aromatic rings. The minimum absolute atomic E-state index is 0.0271. The molecule has 0 saturated heterocycles. The number of pyridine rings is 1. The van der Waals surface area contributed by atoms with Crippen molar-refractivity contribution in [2.24, 2.45) is 4.99 Å². The Morgan fingerprint density at radius 3 is 2.78 bits per heavy atom. The number of amides is 1. The lowest BCUT2D eigenvalue weighted by Crippen LogP contribution is -2.42. The van der Waals surface area contributed by atoms with Gasteiger partial charge in [0.15, 0.2) is 0 Å². The van der Waals surface area contributed by atoms with Crippen LogP contribution in [0.4, 0.5) is 5.69 Å². The van der Waals surface area contributed by atoms with Crippen molar-refractivity contribution in [2.75, 3.05) is 4.90 Å². The van der Waals surface area contributed by atoms with E-state index in [1.165, 1.54) is 11.8 Å². The van der Waals surface area contributed by atoms with Crippen LogP contribution in [-0.2, 0) is 4.79 Å². The molecule has 1 amide bonds. The lowest BCUT2D eigenvalue weighted by Gasteiger charge is -2.28. The molecule has 0 radical (unpaired) electrons. The number of benzene rings is 1. The molecule has 2 atom stereocenters. The van der Waals surface area contributed by atoms with Gasteiger partial charge in [-0.3, -0.25) is 14.7 Å². The van der Waals surface area contributed by atoms with Gasteiger partial charge in [0.05, 0.1) is 18.0 Å². The summed E-state index contributed by atoms with van der Waals surface area (Å²) in [6.07, 6.45) is 3.17. The first-order valence-corrected chi connectivity index (χ1v) is 8.05. The summed E-state index contributed by atoms with van der Waals surface area (Å²) in [6, 6.07) is 11.3. The van der Waals surface area contributed by atoms with Crippen LogP contribution in [0, 0.1) is 18.3 Å². The van der Waals surface area contributed by atoms with Gasteiger partial charge in [0.25, 0.3) is 0 Å². The molecule has 0 spiro atoms. The second kappa shape index (κ2) is 5.21. The van der Waals surface area contributed by atoms with Gasteiger partial charge in [-0.25, -0.2) is 4.98 Å². The Hall–Kier alpha value is -2.65. The Morgan fingerprint density at radius 2 is 2.04 bits per heavy atom. The minimum atomic E-state index is -0.363. The quantitative estimate of drug-likeness (QED) is 0.810. The molecule has 3 heterocycles. The van der Waals surface area contributed by atoms with Gasteiger partial charge in [-0.2, -0.15) is 5.26 Å². The van der Waals surface area contributed by atoms with E-state index in [1.807, 2.05) is 31.2 Å². The number of fused-ring (bicyclic) bond motifs is 3. The third kappa shape index (κ3) is 2.13. The normalized spacial score (nSPS) is 21.7. The van der Waals surface area contributed by atoms with Crippen molar-refractivity contribution >= 4 is 29.7 Å². The number of rotatable bonds is 1. The number of thioether (sulfide) groups is 1. The molecule has 2 aliphatic heterocycles. The number of carbonyl (C=O) groups is 1. The Labute approximate surface area is 137 Å². The smallest absolute Gasteiger partial charge is 0.248 e. The molecule has 0 saturated carbocycles. The van der Waals surface area contributed by atoms with E-state index < -0.39 is 0 Å². The van der Waals surface area contributed by atoms with Crippen LogP contribution in [0.15, 0.2) is 46.5 Å². The van der Waals surface area contributed by atoms with E-state index in [4.69, 9.17) is 0 Å². The SMILES string of the molecule is Cc1ccc(N2C=NC3c4c(C#N)ccnc4SC3C2=O)cc1. The Morgan fingerprint density at radius 1 is 1.26 bits per heavy atom. The number of anilines is 1. The van der Waals surface area contributed by atoms with Gasteiger partial charge in [-0.05, 0) is 25.1 Å². The average molecular weight is 320 g/mol. The van der Waals surface area contributed by atoms with Crippen molar-refractivity contribution < 1.29 is 4.79 Å². The van der Waals surface area contributed by atoms with E-state index in [1.54, 1.807) is 23.5 Å². The van der Waals surface area contributed by atoms with E-state index in [0.29, 0.717) is 5.56 Å². The summed E-state index contributed by atoms with van der Waals surface area (Å²) >= 11 is 1.39. The molecule has 1 aromatic carbocycles. The number of carbonyl (C=O) groups excluding carboxylic acids is 1. The molecule has 0 N–H and O–H groups in total. The van der Waals surface area contributed by atoms with E-state index in [0.717, 1.165) is 21.8 Å². The summed E-state index contributed by atoms with van der Waals surface area (Å²) in [4.78, 5) is 23.3. The zero-order chi connectivity index (χ0) is 16.0. The molecule has 6 heteroatoms. The Bertz CT molecular complexity index is 869. The third-order valence-electron chi connectivity index (χ3n) is 4.03. The number of nitriles is 1. The van der Waals surface area contributed by atoms with Crippen LogP contribution in [0.3, 0.4) is 0 Å². The van der Waals surface area contributed by atoms with Crippen LogP contribution >= 0.6 is 11.8 Å². The van der Waals surface area contributed by atoms with Crippen molar-refractivity contribution in [1.82, 2.24) is 4.98 Å². The van der Waals surface area contributed by atoms with E-state index >= 15 is 0 Å². The van der Waals surface area contributed by atoms with Gasteiger partial charge in [0, 0.05) is 17.4 Å². The molecule has 2 unspecified atom stereocenters. The predicted octanol–water partition coefficient (Wildman–Crippen LogP) is 2.85. The van der Waals surface area contributed by atoms with E-state index in [2.05, 4.69) is 16.0 Å². The summed E-state index contributed by atoms with van der Waals surface area (Å²) in [7, 11) is 0. The van der Waals surface area contributed by atoms with E-state index in [9.17, 15) is 10.1 Å². The molecule has 0 aliphatic carbocycles. The molecule has 23 heavy (non-hydrogen) atoms. The highest BCUT2D eigenvalue weighted by Gasteiger charge is 2.44. The molecule has 112 valence electrons. The third-order valence-corrected chi connectivity index (χ3v) is 5.29. The molecule has 0 bridgehead atoms. The van der Waals surface area contributed by atoms with E-state index in [-0.39, 0.29) is 17.2 Å². The van der Waals surface area contributed by atoms with Gasteiger partial charge >= 0.3 is 0 Å². The van der Waals surface area contributed by atoms with Crippen molar-refractivity contribution in [3.63, 3.8) is 0 Å². The van der Waals surface area contributed by atoms with Gasteiger partial charge < -0.3 is 0 Å². The molecule has 0 fully saturated rings. The molecular formula is C17H12N4OS. The van der Waals surface area contributed by atoms with Crippen molar-refractivity contribution in [1.29, 1.82) is 5.26 Å². The van der Waals surface area contributed by atoms with Gasteiger partial charge in [0.1, 0.15) is 16.3 Å². The first-order valence-electron chi connectivity index (χ1n) is 7.18. The first-order chi connectivity index (χ1) is 11.2. The van der Waals surface area contributed by atoms with Crippen LogP contribution in [-0.4, -0.2) is 22.5 Å². The Balaban J connectivity index is 1.74. The zero-order valence-electron chi connectivity index (χ0n) is 12.3. The minimum Gasteiger partial charge on any atom is -0.273 e. The zero-order valence-corrected chi connectivity index (χ0v) is 13.1. The monoisotopic (exact) mass is 320 g/mol. The lowest BCUT2D eigenvalue weighted by atomic mass is 9.99. The van der Waals surface area contributed by atoms with Crippen LogP contribution in [0.25, 0.3) is 0 Å². The topological polar surface area (TPSA) is 69.3 Å². The highest BCUT2D eigenvalue weighted by molar-refractivity contribution is 8.01. The fraction of sp³-hybridized carbons (Fsp3) is 0.176. The van der Waals surface area contributed by atoms with Crippen molar-refractivity contribution in [3.05, 3.63) is 53.2 Å². The maximum atomic E-state index is 12.9. The van der Waals surface area contributed by atoms with Crippen molar-refractivity contribution in [2.45, 2.75) is 23.2 Å². The number of hydrogen-bond donors (Lipinski definition) is 0. The van der Waals surface area contributed by atoms with Gasteiger partial charge in [-0.1, -0.05) is 29.5 Å². The first kappa shape index (κ1) is 14.0. The second-order valence-corrected chi connectivity index (χ2v) is 6.61. The highest BCUT2D eigenvalue weighted by atomic mass is 32.2. The van der Waals surface area contributed by atoms with Crippen LogP contribution in [0.1, 0.15) is 22.7 Å². The second-order valence-electron chi connectivity index (χ2n) is 5.48. The summed E-state index contributed by atoms with van der Waals surface area (Å²) in [5.74, 6) is -0.0271. The molecule has 1 aromatic heterocycles. The van der Waals surface area contributed by atoms with Gasteiger partial charge in [0.2, 0.25) is 5.91 Å². The fourth-order valence-corrected chi connectivity index (χ4v) is 4.11. The number of hydrogen-bond acceptors (Lipinski definition) is 5. The summed E-state index contributed by atoms with van der Waals surface area (Å²) in [6.45, 7) is 2.00. The fourth-order valence-electron chi connectivity index (χ4n) is 2.84. The van der Waals surface area contributed by atoms with Crippen LogP contribution in [0.5, 0.6) is 0 Å². The number of aliphatic imine (C=N–C) groups is 1. The number of nitrogens with zero attached hydrogens (tertiary/aromatic N) is 4. The molecule has 5 nitrogen and oxygen atoms in total. The van der Waals surface area contributed by atoms with Gasteiger partial charge in [-0.15, -0.1) is 0 Å². The molecule has 4 rings (SSSR count). The standard InChI is InChI=1S/C17H12N4OS/c1-10-2-4-12(5-3-10)21-9-20-14-13-11(8-18)6-7-19-16(13)23-15(14)17(21)22/h2-7,9,14-15H,1H3. The maximum Gasteiger partial charge on any atom is 0.248 e. The van der Waals surface area contributed by atoms with Crippen LogP contribution < -0.4 is 4.90 Å². The number of aryl methyl sites for hydroxylation is 1.